The molecule has 1 aliphatic rings. The molecule has 0 bridgehead atoms. The minimum atomic E-state index is -0.470. The molecule has 0 spiro atoms. The van der Waals surface area contributed by atoms with Gasteiger partial charge in [-0.15, -0.1) is 0 Å². The fraction of sp³-hybridized carbons (Fsp3) is 0.296. The number of aromatic nitrogens is 1. The van der Waals surface area contributed by atoms with Crippen LogP contribution in [0.25, 0.3) is 0 Å². The lowest BCUT2D eigenvalue weighted by atomic mass is 9.87. The Balaban J connectivity index is 1.61. The zero-order valence-electron chi connectivity index (χ0n) is 20.1. The predicted octanol–water partition coefficient (Wildman–Crippen LogP) is 3.28. The molecule has 1 N–H and O–H groups in total. The van der Waals surface area contributed by atoms with Crippen LogP contribution in [-0.2, 0) is 11.3 Å². The Morgan fingerprint density at radius 1 is 0.943 bits per heavy atom. The number of methoxy groups -OCH3 is 3. The molecule has 1 fully saturated rings. The number of benzene rings is 2. The Hall–Kier alpha value is -4.07. The van der Waals surface area contributed by atoms with E-state index in [9.17, 15) is 9.59 Å². The van der Waals surface area contributed by atoms with E-state index >= 15 is 0 Å². The summed E-state index contributed by atoms with van der Waals surface area (Å²) in [7, 11) is 4.77. The van der Waals surface area contributed by atoms with Crippen LogP contribution in [0.3, 0.4) is 0 Å². The second-order valence-corrected chi connectivity index (χ2v) is 8.30. The van der Waals surface area contributed by atoms with Gasteiger partial charge in [0.1, 0.15) is 17.2 Å². The molecule has 2 amide bonds. The molecule has 4 rings (SSSR count). The predicted molar refractivity (Wildman–Crippen MR) is 131 cm³/mol. The van der Waals surface area contributed by atoms with E-state index in [2.05, 4.69) is 10.3 Å². The van der Waals surface area contributed by atoms with Crippen LogP contribution in [0.4, 0.5) is 0 Å². The lowest BCUT2D eigenvalue weighted by Crippen LogP contribution is -2.35. The largest absolute Gasteiger partial charge is 0.497 e. The lowest BCUT2D eigenvalue weighted by Gasteiger charge is -2.21. The van der Waals surface area contributed by atoms with Crippen molar-refractivity contribution in [2.75, 3.05) is 34.4 Å². The van der Waals surface area contributed by atoms with E-state index in [1.807, 2.05) is 36.4 Å². The SMILES string of the molecule is COc1ccc(C(=O)N2C[C@@H](C(=O)NCc3ccccn3)[C@H](c3cc(OC)ccc3OC)C2)cc1. The highest BCUT2D eigenvalue weighted by Crippen LogP contribution is 2.40. The summed E-state index contributed by atoms with van der Waals surface area (Å²) < 4.78 is 16.2. The molecule has 35 heavy (non-hydrogen) atoms. The summed E-state index contributed by atoms with van der Waals surface area (Å²) in [5.41, 5.74) is 2.13. The van der Waals surface area contributed by atoms with Gasteiger partial charge < -0.3 is 24.4 Å². The van der Waals surface area contributed by atoms with Gasteiger partial charge in [-0.05, 0) is 54.6 Å². The number of ether oxygens (including phenoxy) is 3. The number of rotatable bonds is 8. The van der Waals surface area contributed by atoms with E-state index in [-0.39, 0.29) is 24.3 Å². The maximum Gasteiger partial charge on any atom is 0.253 e. The van der Waals surface area contributed by atoms with Crippen LogP contribution in [0.5, 0.6) is 17.2 Å². The molecule has 182 valence electrons. The fourth-order valence-corrected chi connectivity index (χ4v) is 4.41. The van der Waals surface area contributed by atoms with Crippen molar-refractivity contribution >= 4 is 11.8 Å². The van der Waals surface area contributed by atoms with Gasteiger partial charge in [-0.1, -0.05) is 6.07 Å². The zero-order valence-corrected chi connectivity index (χ0v) is 20.1. The summed E-state index contributed by atoms with van der Waals surface area (Å²) in [5.74, 6) is 0.960. The molecular weight excluding hydrogens is 446 g/mol. The molecule has 2 atom stereocenters. The van der Waals surface area contributed by atoms with E-state index < -0.39 is 5.92 Å². The number of carbonyl (C=O) groups excluding carboxylic acids is 2. The Kier molecular flexibility index (Phi) is 7.50. The van der Waals surface area contributed by atoms with Crippen LogP contribution in [0.15, 0.2) is 66.9 Å². The third-order valence-electron chi connectivity index (χ3n) is 6.29. The molecule has 2 heterocycles. The first-order chi connectivity index (χ1) is 17.0. The molecule has 8 heteroatoms. The zero-order chi connectivity index (χ0) is 24.8. The van der Waals surface area contributed by atoms with E-state index in [0.717, 1.165) is 11.3 Å². The van der Waals surface area contributed by atoms with Crippen molar-refractivity contribution in [1.29, 1.82) is 0 Å². The minimum absolute atomic E-state index is 0.139. The standard InChI is InChI=1S/C27H29N3O5/c1-33-20-9-7-18(8-10-20)27(32)30-16-23(22-14-21(34-2)11-12-25(22)35-3)24(17-30)26(31)29-15-19-6-4-5-13-28-19/h4-14,23-24H,15-17H2,1-3H3,(H,29,31)/t23-,24+/m0/s1. The molecule has 0 aliphatic carbocycles. The van der Waals surface area contributed by atoms with Gasteiger partial charge in [0.2, 0.25) is 5.91 Å². The Morgan fingerprint density at radius 2 is 1.69 bits per heavy atom. The highest BCUT2D eigenvalue weighted by molar-refractivity contribution is 5.95. The van der Waals surface area contributed by atoms with Gasteiger partial charge in [-0.3, -0.25) is 14.6 Å². The topological polar surface area (TPSA) is 90.0 Å². The van der Waals surface area contributed by atoms with Crippen LogP contribution in [-0.4, -0.2) is 56.1 Å². The van der Waals surface area contributed by atoms with Crippen molar-refractivity contribution in [2.24, 2.45) is 5.92 Å². The molecule has 0 saturated carbocycles. The smallest absolute Gasteiger partial charge is 0.253 e. The van der Waals surface area contributed by atoms with E-state index in [1.54, 1.807) is 56.7 Å². The van der Waals surface area contributed by atoms with Crippen molar-refractivity contribution in [1.82, 2.24) is 15.2 Å². The van der Waals surface area contributed by atoms with Crippen LogP contribution in [0, 0.1) is 5.92 Å². The Labute approximate surface area is 204 Å². The highest BCUT2D eigenvalue weighted by Gasteiger charge is 2.42. The molecule has 3 aromatic rings. The second kappa shape index (κ2) is 10.9. The number of carbonyl (C=O) groups is 2. The number of hydrogen-bond donors (Lipinski definition) is 1. The molecule has 8 nitrogen and oxygen atoms in total. The third-order valence-corrected chi connectivity index (χ3v) is 6.29. The number of pyridine rings is 1. The van der Waals surface area contributed by atoms with Crippen molar-refractivity contribution in [3.63, 3.8) is 0 Å². The molecule has 1 aliphatic heterocycles. The Bertz CT molecular complexity index is 1170. The van der Waals surface area contributed by atoms with Crippen molar-refractivity contribution in [3.8, 4) is 17.2 Å². The first-order valence-corrected chi connectivity index (χ1v) is 11.4. The minimum Gasteiger partial charge on any atom is -0.497 e. The average molecular weight is 476 g/mol. The van der Waals surface area contributed by atoms with Crippen molar-refractivity contribution in [2.45, 2.75) is 12.5 Å². The first-order valence-electron chi connectivity index (χ1n) is 11.4. The van der Waals surface area contributed by atoms with Gasteiger partial charge in [0, 0.05) is 36.3 Å². The number of nitrogens with one attached hydrogen (secondary N) is 1. The van der Waals surface area contributed by atoms with Gasteiger partial charge >= 0.3 is 0 Å². The van der Waals surface area contributed by atoms with Gasteiger partial charge in [-0.25, -0.2) is 0 Å². The first kappa shape index (κ1) is 24.1. The summed E-state index contributed by atoms with van der Waals surface area (Å²) >= 11 is 0. The molecule has 1 saturated heterocycles. The number of hydrogen-bond acceptors (Lipinski definition) is 6. The maximum absolute atomic E-state index is 13.4. The van der Waals surface area contributed by atoms with Crippen molar-refractivity contribution < 1.29 is 23.8 Å². The number of amides is 2. The van der Waals surface area contributed by atoms with Gasteiger partial charge in [0.05, 0.1) is 39.5 Å². The van der Waals surface area contributed by atoms with Crippen LogP contribution in [0.2, 0.25) is 0 Å². The van der Waals surface area contributed by atoms with Gasteiger partial charge in [0.25, 0.3) is 5.91 Å². The monoisotopic (exact) mass is 475 g/mol. The van der Waals surface area contributed by atoms with Crippen LogP contribution in [0.1, 0.15) is 27.5 Å². The van der Waals surface area contributed by atoms with Gasteiger partial charge in [0.15, 0.2) is 0 Å². The lowest BCUT2D eigenvalue weighted by molar-refractivity contribution is -0.125. The Morgan fingerprint density at radius 3 is 2.34 bits per heavy atom. The van der Waals surface area contributed by atoms with Crippen LogP contribution < -0.4 is 19.5 Å². The summed E-state index contributed by atoms with van der Waals surface area (Å²) in [4.78, 5) is 32.7. The fourth-order valence-electron chi connectivity index (χ4n) is 4.41. The average Bonchev–Trinajstić information content (AvgIpc) is 3.37. The molecule has 2 aromatic carbocycles. The number of nitrogens with zero attached hydrogens (tertiary/aromatic N) is 2. The van der Waals surface area contributed by atoms with Crippen LogP contribution >= 0.6 is 0 Å². The number of likely N-dealkylation sites (tertiary alicyclic amines) is 1. The summed E-state index contributed by atoms with van der Waals surface area (Å²) in [6.45, 7) is 0.963. The summed E-state index contributed by atoms with van der Waals surface area (Å²) in [5, 5.41) is 2.99. The maximum atomic E-state index is 13.4. The molecule has 1 aromatic heterocycles. The summed E-state index contributed by atoms with van der Waals surface area (Å²) in [6.07, 6.45) is 1.69. The summed E-state index contributed by atoms with van der Waals surface area (Å²) in [6, 6.07) is 18.1. The second-order valence-electron chi connectivity index (χ2n) is 8.30. The third kappa shape index (κ3) is 5.37. The quantitative estimate of drug-likeness (QED) is 0.538. The molecule has 0 radical (unpaired) electrons. The van der Waals surface area contributed by atoms with Crippen molar-refractivity contribution in [3.05, 3.63) is 83.7 Å². The normalized spacial score (nSPS) is 17.1. The van der Waals surface area contributed by atoms with E-state index in [4.69, 9.17) is 14.2 Å². The molecular formula is C27H29N3O5. The van der Waals surface area contributed by atoms with E-state index in [0.29, 0.717) is 35.9 Å². The highest BCUT2D eigenvalue weighted by atomic mass is 16.5. The van der Waals surface area contributed by atoms with E-state index in [1.165, 1.54) is 0 Å². The van der Waals surface area contributed by atoms with Gasteiger partial charge in [-0.2, -0.15) is 0 Å². The molecule has 0 unspecified atom stereocenters.